The SMILES string of the molecule is SC(CCc1nccs1)c1ccccc1. The predicted octanol–water partition coefficient (Wildman–Crippen LogP) is 3.75. The molecule has 0 aliphatic rings. The van der Waals surface area contributed by atoms with E-state index in [1.54, 1.807) is 11.3 Å². The summed E-state index contributed by atoms with van der Waals surface area (Å²) in [5.74, 6) is 0. The molecule has 0 saturated carbocycles. The Labute approximate surface area is 99.6 Å². The Morgan fingerprint density at radius 2 is 2.07 bits per heavy atom. The number of thiazole rings is 1. The number of hydrogen-bond acceptors (Lipinski definition) is 3. The molecular weight excluding hydrogens is 222 g/mol. The molecule has 0 aliphatic heterocycles. The first kappa shape index (κ1) is 10.7. The molecule has 2 aromatic rings. The number of benzene rings is 1. The van der Waals surface area contributed by atoms with Crippen LogP contribution < -0.4 is 0 Å². The second-order valence-electron chi connectivity index (χ2n) is 3.39. The first-order chi connectivity index (χ1) is 7.36. The average molecular weight is 235 g/mol. The van der Waals surface area contributed by atoms with Crippen LogP contribution in [0, 0.1) is 0 Å². The van der Waals surface area contributed by atoms with Gasteiger partial charge in [-0.2, -0.15) is 12.6 Å². The van der Waals surface area contributed by atoms with Crippen molar-refractivity contribution < 1.29 is 0 Å². The summed E-state index contributed by atoms with van der Waals surface area (Å²) in [5, 5.41) is 3.53. The summed E-state index contributed by atoms with van der Waals surface area (Å²) in [6.07, 6.45) is 3.91. The fraction of sp³-hybridized carbons (Fsp3) is 0.250. The maximum Gasteiger partial charge on any atom is 0.0925 e. The number of aromatic nitrogens is 1. The van der Waals surface area contributed by atoms with Crippen LogP contribution in [0.1, 0.15) is 22.2 Å². The Balaban J connectivity index is 1.90. The Morgan fingerprint density at radius 1 is 1.27 bits per heavy atom. The minimum Gasteiger partial charge on any atom is -0.250 e. The molecule has 1 aromatic carbocycles. The van der Waals surface area contributed by atoms with E-state index in [0.29, 0.717) is 5.25 Å². The van der Waals surface area contributed by atoms with Crippen molar-refractivity contribution in [3.63, 3.8) is 0 Å². The van der Waals surface area contributed by atoms with Gasteiger partial charge in [0.05, 0.1) is 5.01 Å². The van der Waals surface area contributed by atoms with Crippen LogP contribution in [-0.2, 0) is 6.42 Å². The number of hydrogen-bond donors (Lipinski definition) is 1. The summed E-state index contributed by atoms with van der Waals surface area (Å²) in [4.78, 5) is 4.27. The third kappa shape index (κ3) is 3.08. The van der Waals surface area contributed by atoms with Crippen LogP contribution >= 0.6 is 24.0 Å². The lowest BCUT2D eigenvalue weighted by molar-refractivity contribution is 0.801. The fourth-order valence-corrected chi connectivity index (χ4v) is 2.42. The normalized spacial score (nSPS) is 12.6. The summed E-state index contributed by atoms with van der Waals surface area (Å²) in [6, 6.07) is 10.4. The molecule has 3 heteroatoms. The zero-order valence-electron chi connectivity index (χ0n) is 8.34. The maximum absolute atomic E-state index is 4.61. The van der Waals surface area contributed by atoms with Gasteiger partial charge in [-0.05, 0) is 12.0 Å². The Hall–Kier alpha value is -0.800. The highest BCUT2D eigenvalue weighted by Crippen LogP contribution is 2.25. The summed E-state index contributed by atoms with van der Waals surface area (Å²) in [6.45, 7) is 0. The highest BCUT2D eigenvalue weighted by Gasteiger charge is 2.06. The van der Waals surface area contributed by atoms with E-state index >= 15 is 0 Å². The molecule has 1 unspecified atom stereocenters. The van der Waals surface area contributed by atoms with Crippen LogP contribution in [0.4, 0.5) is 0 Å². The average Bonchev–Trinajstić information content (AvgIpc) is 2.80. The van der Waals surface area contributed by atoms with Gasteiger partial charge in [0.2, 0.25) is 0 Å². The summed E-state index contributed by atoms with van der Waals surface area (Å²) < 4.78 is 0. The smallest absolute Gasteiger partial charge is 0.0925 e. The van der Waals surface area contributed by atoms with Gasteiger partial charge < -0.3 is 0 Å². The molecular formula is C12H13NS2. The van der Waals surface area contributed by atoms with Crippen molar-refractivity contribution in [3.8, 4) is 0 Å². The molecule has 1 atom stereocenters. The van der Waals surface area contributed by atoms with Gasteiger partial charge in [-0.15, -0.1) is 11.3 Å². The van der Waals surface area contributed by atoms with Crippen molar-refractivity contribution in [1.29, 1.82) is 0 Å². The van der Waals surface area contributed by atoms with Gasteiger partial charge in [0.1, 0.15) is 0 Å². The molecule has 0 radical (unpaired) electrons. The van der Waals surface area contributed by atoms with E-state index in [2.05, 4.69) is 41.9 Å². The fourth-order valence-electron chi connectivity index (χ4n) is 1.48. The van der Waals surface area contributed by atoms with E-state index in [0.717, 1.165) is 12.8 Å². The zero-order chi connectivity index (χ0) is 10.5. The Bertz CT molecular complexity index is 383. The van der Waals surface area contributed by atoms with E-state index in [1.165, 1.54) is 10.6 Å². The largest absolute Gasteiger partial charge is 0.250 e. The molecule has 78 valence electrons. The zero-order valence-corrected chi connectivity index (χ0v) is 10.0. The third-order valence-electron chi connectivity index (χ3n) is 2.30. The molecule has 1 aromatic heterocycles. The Kier molecular flexibility index (Phi) is 3.80. The molecule has 0 fully saturated rings. The number of rotatable bonds is 4. The third-order valence-corrected chi connectivity index (χ3v) is 3.70. The van der Waals surface area contributed by atoms with Crippen LogP contribution in [0.25, 0.3) is 0 Å². The summed E-state index contributed by atoms with van der Waals surface area (Å²) >= 11 is 6.32. The van der Waals surface area contributed by atoms with Crippen LogP contribution in [0.15, 0.2) is 41.9 Å². The number of aryl methyl sites for hydroxylation is 1. The molecule has 0 bridgehead atoms. The lowest BCUT2D eigenvalue weighted by Crippen LogP contribution is -1.93. The first-order valence-corrected chi connectivity index (χ1v) is 6.37. The van der Waals surface area contributed by atoms with Crippen molar-refractivity contribution in [2.75, 3.05) is 0 Å². The molecule has 15 heavy (non-hydrogen) atoms. The van der Waals surface area contributed by atoms with Gasteiger partial charge >= 0.3 is 0 Å². The Morgan fingerprint density at radius 3 is 2.73 bits per heavy atom. The summed E-state index contributed by atoms with van der Waals surface area (Å²) in [5.41, 5.74) is 1.29. The van der Waals surface area contributed by atoms with Gasteiger partial charge in [-0.25, -0.2) is 4.98 Å². The second-order valence-corrected chi connectivity index (χ2v) is 4.99. The van der Waals surface area contributed by atoms with Crippen LogP contribution in [0.3, 0.4) is 0 Å². The van der Waals surface area contributed by atoms with E-state index in [4.69, 9.17) is 0 Å². The van der Waals surface area contributed by atoms with E-state index in [-0.39, 0.29) is 0 Å². The first-order valence-electron chi connectivity index (χ1n) is 4.97. The highest BCUT2D eigenvalue weighted by atomic mass is 32.1. The maximum atomic E-state index is 4.61. The molecule has 0 saturated heterocycles. The van der Waals surface area contributed by atoms with Crippen LogP contribution in [0.5, 0.6) is 0 Å². The molecule has 1 nitrogen and oxygen atoms in total. The monoisotopic (exact) mass is 235 g/mol. The molecule has 0 aliphatic carbocycles. The quantitative estimate of drug-likeness (QED) is 0.796. The van der Waals surface area contributed by atoms with E-state index in [9.17, 15) is 0 Å². The van der Waals surface area contributed by atoms with E-state index in [1.807, 2.05) is 17.6 Å². The lowest BCUT2D eigenvalue weighted by Gasteiger charge is -2.09. The van der Waals surface area contributed by atoms with Gasteiger partial charge in [-0.1, -0.05) is 30.3 Å². The van der Waals surface area contributed by atoms with Crippen molar-refractivity contribution in [2.45, 2.75) is 18.1 Å². The van der Waals surface area contributed by atoms with Gasteiger partial charge in [0.25, 0.3) is 0 Å². The van der Waals surface area contributed by atoms with Crippen molar-refractivity contribution in [2.24, 2.45) is 0 Å². The molecule has 2 rings (SSSR count). The van der Waals surface area contributed by atoms with Crippen molar-refractivity contribution >= 4 is 24.0 Å². The van der Waals surface area contributed by atoms with Crippen LogP contribution in [0.2, 0.25) is 0 Å². The number of thiol groups is 1. The van der Waals surface area contributed by atoms with E-state index < -0.39 is 0 Å². The number of nitrogens with zero attached hydrogens (tertiary/aromatic N) is 1. The molecule has 0 amide bonds. The highest BCUT2D eigenvalue weighted by molar-refractivity contribution is 7.80. The van der Waals surface area contributed by atoms with Gasteiger partial charge in [-0.3, -0.25) is 0 Å². The molecule has 1 heterocycles. The lowest BCUT2D eigenvalue weighted by atomic mass is 10.1. The predicted molar refractivity (Wildman–Crippen MR) is 68.6 cm³/mol. The standard InChI is InChI=1S/C12H13NS2/c14-11(10-4-2-1-3-5-10)6-7-12-13-8-9-15-12/h1-5,8-9,11,14H,6-7H2. The van der Waals surface area contributed by atoms with Crippen molar-refractivity contribution in [3.05, 3.63) is 52.5 Å². The van der Waals surface area contributed by atoms with Crippen molar-refractivity contribution in [1.82, 2.24) is 4.98 Å². The molecule has 0 N–H and O–H groups in total. The second kappa shape index (κ2) is 5.33. The van der Waals surface area contributed by atoms with Crippen LogP contribution in [-0.4, -0.2) is 4.98 Å². The topological polar surface area (TPSA) is 12.9 Å². The minimum absolute atomic E-state index is 0.315. The minimum atomic E-state index is 0.315. The summed E-state index contributed by atoms with van der Waals surface area (Å²) in [7, 11) is 0. The van der Waals surface area contributed by atoms with Gasteiger partial charge in [0, 0.05) is 23.2 Å². The molecule has 0 spiro atoms. The van der Waals surface area contributed by atoms with Gasteiger partial charge in [0.15, 0.2) is 0 Å².